The molecular formula is C20H20F3N3O5. The Kier molecular flexibility index (Phi) is 11.0. The molecule has 0 spiro atoms. The maximum absolute atomic E-state index is 12.7. The highest BCUT2D eigenvalue weighted by molar-refractivity contribution is 5.78. The van der Waals surface area contributed by atoms with E-state index in [1.165, 1.54) is 58.1 Å². The van der Waals surface area contributed by atoms with Crippen molar-refractivity contribution in [3.8, 4) is 17.2 Å². The molecule has 3 heterocycles. The van der Waals surface area contributed by atoms with Crippen LogP contribution < -0.4 is 14.2 Å². The van der Waals surface area contributed by atoms with Crippen molar-refractivity contribution < 1.29 is 37.3 Å². The van der Waals surface area contributed by atoms with Gasteiger partial charge in [-0.2, -0.15) is 13.2 Å². The zero-order valence-electron chi connectivity index (χ0n) is 16.9. The van der Waals surface area contributed by atoms with Crippen LogP contribution in [-0.4, -0.2) is 47.7 Å². The predicted octanol–water partition coefficient (Wildman–Crippen LogP) is 2.99. The van der Waals surface area contributed by atoms with Gasteiger partial charge < -0.3 is 19.3 Å². The van der Waals surface area contributed by atoms with E-state index in [4.69, 9.17) is 19.3 Å². The number of rotatable bonds is 5. The smallest absolute Gasteiger partial charge is 0.227 e. The van der Waals surface area contributed by atoms with Crippen LogP contribution in [0.3, 0.4) is 0 Å². The lowest BCUT2D eigenvalue weighted by atomic mass is 10.2. The fourth-order valence-electron chi connectivity index (χ4n) is 2.01. The van der Waals surface area contributed by atoms with Gasteiger partial charge >= 0.3 is 0 Å². The van der Waals surface area contributed by atoms with Gasteiger partial charge in [-0.1, -0.05) is 0 Å². The molecule has 31 heavy (non-hydrogen) atoms. The number of aliphatic hydroxyl groups is 1. The number of aromatic nitrogens is 3. The largest absolute Gasteiger partial charge is 0.497 e. The summed E-state index contributed by atoms with van der Waals surface area (Å²) in [5.74, 6) is -1.00. The molecule has 3 aromatic heterocycles. The van der Waals surface area contributed by atoms with Gasteiger partial charge in [-0.05, 0) is 18.2 Å². The molecule has 0 aliphatic heterocycles. The Bertz CT molecular complexity index is 977. The summed E-state index contributed by atoms with van der Waals surface area (Å²) >= 11 is 0. The number of pyridine rings is 3. The van der Waals surface area contributed by atoms with E-state index < -0.39 is 24.4 Å². The molecule has 3 rings (SSSR count). The van der Waals surface area contributed by atoms with Crippen LogP contribution in [0.15, 0.2) is 42.9 Å². The van der Waals surface area contributed by atoms with Crippen LogP contribution in [0.25, 0.3) is 0 Å². The van der Waals surface area contributed by atoms with Crippen molar-refractivity contribution in [2.75, 3.05) is 21.3 Å². The second-order valence-corrected chi connectivity index (χ2v) is 5.29. The number of aldehydes is 1. The molecule has 0 unspecified atom stereocenters. The number of halogens is 3. The van der Waals surface area contributed by atoms with E-state index in [0.717, 1.165) is 0 Å². The van der Waals surface area contributed by atoms with Crippen molar-refractivity contribution in [3.05, 3.63) is 71.8 Å². The van der Waals surface area contributed by atoms with Crippen molar-refractivity contribution in [1.29, 1.82) is 0 Å². The molecule has 8 nitrogen and oxygen atoms in total. The van der Waals surface area contributed by atoms with Gasteiger partial charge in [0.1, 0.15) is 22.8 Å². The Morgan fingerprint density at radius 1 is 0.871 bits per heavy atom. The van der Waals surface area contributed by atoms with Gasteiger partial charge in [-0.25, -0.2) is 15.0 Å². The lowest BCUT2D eigenvalue weighted by Crippen LogP contribution is -1.97. The Hall–Kier alpha value is -3.73. The minimum atomic E-state index is -0.806. The average Bonchev–Trinajstić information content (AvgIpc) is 2.79. The Morgan fingerprint density at radius 2 is 1.45 bits per heavy atom. The zero-order valence-corrected chi connectivity index (χ0v) is 16.9. The summed E-state index contributed by atoms with van der Waals surface area (Å²) in [6.45, 7) is -0.400. The van der Waals surface area contributed by atoms with E-state index in [1.807, 2.05) is 0 Å². The molecule has 0 aliphatic rings. The molecule has 11 heteroatoms. The van der Waals surface area contributed by atoms with Gasteiger partial charge in [0.2, 0.25) is 17.8 Å². The summed E-state index contributed by atoms with van der Waals surface area (Å²) in [7, 11) is 4.25. The van der Waals surface area contributed by atoms with Gasteiger partial charge in [0.25, 0.3) is 0 Å². The highest BCUT2D eigenvalue weighted by atomic mass is 19.1. The van der Waals surface area contributed by atoms with Crippen molar-refractivity contribution in [1.82, 2.24) is 15.0 Å². The van der Waals surface area contributed by atoms with Gasteiger partial charge in [0, 0.05) is 24.7 Å². The van der Waals surface area contributed by atoms with Crippen LogP contribution in [0.4, 0.5) is 13.2 Å². The highest BCUT2D eigenvalue weighted by Crippen LogP contribution is 2.18. The number of carbonyl (C=O) groups excluding carboxylic acids is 1. The Morgan fingerprint density at radius 3 is 1.87 bits per heavy atom. The maximum Gasteiger partial charge on any atom is 0.227 e. The fraction of sp³-hybridized carbons (Fsp3) is 0.200. The highest BCUT2D eigenvalue weighted by Gasteiger charge is 2.08. The maximum atomic E-state index is 12.7. The molecule has 0 radical (unpaired) electrons. The molecule has 0 atom stereocenters. The summed E-state index contributed by atoms with van der Waals surface area (Å²) in [6.07, 6.45) is 4.25. The molecule has 166 valence electrons. The first-order valence-corrected chi connectivity index (χ1v) is 8.49. The number of ether oxygens (including phenoxy) is 3. The third kappa shape index (κ3) is 7.90. The van der Waals surface area contributed by atoms with Gasteiger partial charge in [0.15, 0.2) is 6.29 Å². The third-order valence-electron chi connectivity index (χ3n) is 3.51. The fourth-order valence-corrected chi connectivity index (χ4v) is 2.01. The minimum Gasteiger partial charge on any atom is -0.497 e. The molecule has 0 bridgehead atoms. The monoisotopic (exact) mass is 439 g/mol. The Labute approximate surface area is 176 Å². The normalized spacial score (nSPS) is 9.39. The van der Waals surface area contributed by atoms with E-state index in [0.29, 0.717) is 17.8 Å². The molecule has 0 fully saturated rings. The van der Waals surface area contributed by atoms with E-state index in [1.54, 1.807) is 6.07 Å². The second-order valence-electron chi connectivity index (χ2n) is 5.29. The number of carbonyl (C=O) groups is 1. The molecule has 0 saturated carbocycles. The SMILES string of the molecule is COc1ccnc(F)c1.COc1ccnc(F)c1C=O.COc1ccnc(F)c1CO. The molecule has 1 N–H and O–H groups in total. The quantitative estimate of drug-likeness (QED) is 0.478. The lowest BCUT2D eigenvalue weighted by Gasteiger charge is -2.04. The topological polar surface area (TPSA) is 104 Å². The predicted molar refractivity (Wildman–Crippen MR) is 104 cm³/mol. The van der Waals surface area contributed by atoms with Crippen molar-refractivity contribution in [3.63, 3.8) is 0 Å². The first kappa shape index (κ1) is 25.3. The zero-order chi connectivity index (χ0) is 23.2. The molecule has 3 aromatic rings. The number of aliphatic hydroxyl groups excluding tert-OH is 1. The second kappa shape index (κ2) is 13.5. The molecular weight excluding hydrogens is 419 g/mol. The first-order chi connectivity index (χ1) is 14.9. The van der Waals surface area contributed by atoms with Crippen molar-refractivity contribution in [2.45, 2.75) is 6.61 Å². The molecule has 0 aromatic carbocycles. The average molecular weight is 439 g/mol. The van der Waals surface area contributed by atoms with Crippen LogP contribution in [0.5, 0.6) is 17.2 Å². The van der Waals surface area contributed by atoms with Crippen LogP contribution >= 0.6 is 0 Å². The molecule has 0 saturated heterocycles. The summed E-state index contributed by atoms with van der Waals surface area (Å²) < 4.78 is 51.7. The number of nitrogens with zero attached hydrogens (tertiary/aromatic N) is 3. The van der Waals surface area contributed by atoms with Gasteiger partial charge in [0.05, 0.1) is 33.5 Å². The summed E-state index contributed by atoms with van der Waals surface area (Å²) in [5, 5.41) is 8.67. The van der Waals surface area contributed by atoms with E-state index in [9.17, 15) is 18.0 Å². The Balaban J connectivity index is 0.000000234. The van der Waals surface area contributed by atoms with Crippen LogP contribution in [0.2, 0.25) is 0 Å². The van der Waals surface area contributed by atoms with Gasteiger partial charge in [-0.15, -0.1) is 0 Å². The lowest BCUT2D eigenvalue weighted by molar-refractivity contribution is 0.111. The first-order valence-electron chi connectivity index (χ1n) is 8.49. The van der Waals surface area contributed by atoms with Crippen LogP contribution in [0, 0.1) is 17.8 Å². The standard InChI is InChI=1S/C7H8FNO2.C7H6FNO2.C6H6FNO/c2*1-11-6-2-3-9-7(8)5(6)4-10;1-9-5-2-3-8-6(7)4-5/h2-3,10H,4H2,1H3;2-4H,1H3;2-4H,1H3. The number of hydrogen-bond donors (Lipinski definition) is 1. The summed E-state index contributed by atoms with van der Waals surface area (Å²) in [4.78, 5) is 20.2. The molecule has 0 amide bonds. The van der Waals surface area contributed by atoms with E-state index >= 15 is 0 Å². The third-order valence-corrected chi connectivity index (χ3v) is 3.51. The van der Waals surface area contributed by atoms with Crippen molar-refractivity contribution in [2.24, 2.45) is 0 Å². The van der Waals surface area contributed by atoms with Crippen LogP contribution in [0.1, 0.15) is 15.9 Å². The van der Waals surface area contributed by atoms with E-state index in [2.05, 4.69) is 15.0 Å². The van der Waals surface area contributed by atoms with Crippen molar-refractivity contribution >= 4 is 6.29 Å². The van der Waals surface area contributed by atoms with E-state index in [-0.39, 0.29) is 16.9 Å². The van der Waals surface area contributed by atoms with Gasteiger partial charge in [-0.3, -0.25) is 4.79 Å². The number of methoxy groups -OCH3 is 3. The summed E-state index contributed by atoms with van der Waals surface area (Å²) in [6, 6.07) is 5.73. The molecule has 0 aliphatic carbocycles. The minimum absolute atomic E-state index is 0.0926. The summed E-state index contributed by atoms with van der Waals surface area (Å²) in [5.41, 5.74) is -0.0509. The van der Waals surface area contributed by atoms with Crippen LogP contribution in [-0.2, 0) is 6.61 Å². The number of hydrogen-bond acceptors (Lipinski definition) is 8.